The molecule has 0 radical (unpaired) electrons. The second-order valence-corrected chi connectivity index (χ2v) is 13.5. The van der Waals surface area contributed by atoms with E-state index in [1.54, 1.807) is 0 Å². The molecule has 2 heterocycles. The number of rotatable bonds is 5. The van der Waals surface area contributed by atoms with Gasteiger partial charge in [-0.3, -0.25) is 0 Å². The van der Waals surface area contributed by atoms with Gasteiger partial charge in [-0.25, -0.2) is 0 Å². The maximum atomic E-state index is 7.03. The van der Waals surface area contributed by atoms with Gasteiger partial charge in [0.1, 0.15) is 5.58 Å². The number of thiophene rings is 1. The van der Waals surface area contributed by atoms with Gasteiger partial charge in [-0.1, -0.05) is 146 Å². The van der Waals surface area contributed by atoms with Crippen LogP contribution in [0.2, 0.25) is 0 Å². The molecule has 0 unspecified atom stereocenters. The van der Waals surface area contributed by atoms with Crippen LogP contribution in [0.15, 0.2) is 180 Å². The predicted octanol–water partition coefficient (Wildman–Crippen LogP) is 13.9. The first-order chi connectivity index (χ1) is 24.3. The first kappa shape index (κ1) is 27.9. The monoisotopic (exact) mass is 643 g/mol. The Morgan fingerprint density at radius 1 is 0.388 bits per heavy atom. The molecule has 3 heteroatoms. The summed E-state index contributed by atoms with van der Waals surface area (Å²) < 4.78 is 9.55. The number of nitrogens with zero attached hydrogens (tertiary/aromatic N) is 1. The van der Waals surface area contributed by atoms with E-state index in [-0.39, 0.29) is 0 Å². The lowest BCUT2D eigenvalue weighted by Gasteiger charge is -2.28. The lowest BCUT2D eigenvalue weighted by atomic mass is 9.98. The van der Waals surface area contributed by atoms with Crippen molar-refractivity contribution in [2.75, 3.05) is 4.90 Å². The van der Waals surface area contributed by atoms with Gasteiger partial charge >= 0.3 is 0 Å². The van der Waals surface area contributed by atoms with Crippen molar-refractivity contribution >= 4 is 81.3 Å². The fourth-order valence-corrected chi connectivity index (χ4v) is 8.60. The second kappa shape index (κ2) is 11.2. The molecular weight excluding hydrogens is 615 g/mol. The lowest BCUT2D eigenvalue weighted by Crippen LogP contribution is -2.11. The van der Waals surface area contributed by atoms with Crippen LogP contribution in [-0.4, -0.2) is 0 Å². The summed E-state index contributed by atoms with van der Waals surface area (Å²) in [5.41, 5.74) is 9.56. The lowest BCUT2D eigenvalue weighted by molar-refractivity contribution is 0.670. The van der Waals surface area contributed by atoms with Crippen molar-refractivity contribution in [1.82, 2.24) is 0 Å². The molecule has 0 aliphatic heterocycles. The molecule has 10 aromatic rings. The van der Waals surface area contributed by atoms with Gasteiger partial charge in [-0.15, -0.1) is 11.3 Å². The van der Waals surface area contributed by atoms with Gasteiger partial charge in [-0.2, -0.15) is 0 Å². The molecule has 2 aromatic heterocycles. The molecule has 0 saturated carbocycles. The highest BCUT2D eigenvalue weighted by Crippen LogP contribution is 2.50. The summed E-state index contributed by atoms with van der Waals surface area (Å²) in [5.74, 6) is 0. The van der Waals surface area contributed by atoms with Gasteiger partial charge in [0, 0.05) is 37.4 Å². The number of benzene rings is 8. The summed E-state index contributed by atoms with van der Waals surface area (Å²) >= 11 is 1.85. The average molecular weight is 644 g/mol. The Labute approximate surface area is 287 Å². The topological polar surface area (TPSA) is 16.4 Å². The molecule has 0 spiro atoms. The number of hydrogen-bond acceptors (Lipinski definition) is 3. The molecule has 8 aromatic carbocycles. The van der Waals surface area contributed by atoms with Crippen LogP contribution < -0.4 is 4.90 Å². The van der Waals surface area contributed by atoms with Crippen LogP contribution in [0.3, 0.4) is 0 Å². The number of fused-ring (bicyclic) bond motifs is 7. The third-order valence-electron chi connectivity index (χ3n) is 9.66. The summed E-state index contributed by atoms with van der Waals surface area (Å²) in [6.45, 7) is 0. The Hall–Kier alpha value is -6.16. The van der Waals surface area contributed by atoms with Gasteiger partial charge in [0.2, 0.25) is 0 Å². The normalized spacial score (nSPS) is 11.7. The molecule has 0 aliphatic carbocycles. The molecule has 230 valence electrons. The quantitative estimate of drug-likeness (QED) is 0.186. The zero-order chi connectivity index (χ0) is 32.3. The summed E-state index contributed by atoms with van der Waals surface area (Å²) in [6, 6.07) is 63.1. The number of hydrogen-bond donors (Lipinski definition) is 0. The van der Waals surface area contributed by atoms with Gasteiger partial charge in [0.15, 0.2) is 5.58 Å². The molecule has 0 bridgehead atoms. The van der Waals surface area contributed by atoms with Gasteiger partial charge in [-0.05, 0) is 52.2 Å². The minimum absolute atomic E-state index is 0.868. The minimum Gasteiger partial charge on any atom is -0.453 e. The van der Waals surface area contributed by atoms with Crippen LogP contribution in [0, 0.1) is 0 Å². The largest absolute Gasteiger partial charge is 0.453 e. The smallest absolute Gasteiger partial charge is 0.159 e. The van der Waals surface area contributed by atoms with E-state index in [1.165, 1.54) is 36.5 Å². The van der Waals surface area contributed by atoms with E-state index >= 15 is 0 Å². The summed E-state index contributed by atoms with van der Waals surface area (Å²) in [5, 5.41) is 7.21. The fourth-order valence-electron chi connectivity index (χ4n) is 7.39. The van der Waals surface area contributed by atoms with Crippen molar-refractivity contribution < 1.29 is 4.42 Å². The zero-order valence-electron chi connectivity index (χ0n) is 26.5. The van der Waals surface area contributed by atoms with E-state index in [9.17, 15) is 0 Å². The van der Waals surface area contributed by atoms with Crippen LogP contribution in [0.5, 0.6) is 0 Å². The minimum atomic E-state index is 0.868. The molecular formula is C46H29NOS. The number of furan rings is 1. The standard InChI is InChI=1S/C46H29NOS/c1-2-14-31(15-3-1)35-19-10-20-37-38-21-11-24-41(45(38)48-44(35)37)47(42-25-12-22-39-36-18-7-9-26-43(36)49-46(39)42)40-23-8-6-17-34(40)33-28-27-30-13-4-5-16-32(30)29-33/h1-29H. The van der Waals surface area contributed by atoms with Gasteiger partial charge < -0.3 is 9.32 Å². The van der Waals surface area contributed by atoms with E-state index < -0.39 is 0 Å². The summed E-state index contributed by atoms with van der Waals surface area (Å²) in [6.07, 6.45) is 0. The van der Waals surface area contributed by atoms with Crippen molar-refractivity contribution in [3.63, 3.8) is 0 Å². The highest BCUT2D eigenvalue weighted by Gasteiger charge is 2.25. The SMILES string of the molecule is c1ccc(-c2cccc3c2oc2c(N(c4ccccc4-c4ccc5ccccc5c4)c4cccc5c4sc4ccccc45)cccc23)cc1. The van der Waals surface area contributed by atoms with Crippen molar-refractivity contribution in [3.8, 4) is 22.3 Å². The van der Waals surface area contributed by atoms with E-state index in [4.69, 9.17) is 4.42 Å². The number of para-hydroxylation sites is 3. The van der Waals surface area contributed by atoms with Crippen LogP contribution >= 0.6 is 11.3 Å². The van der Waals surface area contributed by atoms with Gasteiger partial charge in [0.25, 0.3) is 0 Å². The maximum Gasteiger partial charge on any atom is 0.159 e. The first-order valence-corrected chi connectivity index (χ1v) is 17.4. The van der Waals surface area contributed by atoms with Crippen molar-refractivity contribution in [1.29, 1.82) is 0 Å². The Morgan fingerprint density at radius 2 is 1.02 bits per heavy atom. The molecule has 0 amide bonds. The van der Waals surface area contributed by atoms with E-state index in [1.807, 2.05) is 11.3 Å². The highest BCUT2D eigenvalue weighted by atomic mass is 32.1. The van der Waals surface area contributed by atoms with E-state index in [2.05, 4.69) is 181 Å². The molecule has 0 aliphatic rings. The Balaban J connectivity index is 1.29. The Kier molecular flexibility index (Phi) is 6.39. The van der Waals surface area contributed by atoms with Crippen LogP contribution in [-0.2, 0) is 0 Å². The molecule has 0 fully saturated rings. The van der Waals surface area contributed by atoms with E-state index in [0.29, 0.717) is 0 Å². The summed E-state index contributed by atoms with van der Waals surface area (Å²) in [4.78, 5) is 2.43. The first-order valence-electron chi connectivity index (χ1n) is 16.6. The average Bonchev–Trinajstić information content (AvgIpc) is 3.75. The Morgan fingerprint density at radius 3 is 1.92 bits per heavy atom. The molecule has 0 saturated heterocycles. The third kappa shape index (κ3) is 4.47. The zero-order valence-corrected chi connectivity index (χ0v) is 27.3. The van der Waals surface area contributed by atoms with E-state index in [0.717, 1.165) is 55.7 Å². The molecule has 49 heavy (non-hydrogen) atoms. The molecule has 2 nitrogen and oxygen atoms in total. The van der Waals surface area contributed by atoms with Crippen molar-refractivity contribution in [2.45, 2.75) is 0 Å². The number of anilines is 3. The van der Waals surface area contributed by atoms with Gasteiger partial charge in [0.05, 0.1) is 21.8 Å². The fraction of sp³-hybridized carbons (Fsp3) is 0. The molecule has 10 rings (SSSR count). The molecule has 0 atom stereocenters. The predicted molar refractivity (Wildman–Crippen MR) is 210 cm³/mol. The van der Waals surface area contributed by atoms with Crippen LogP contribution in [0.1, 0.15) is 0 Å². The highest BCUT2D eigenvalue weighted by molar-refractivity contribution is 7.26. The Bertz CT molecular complexity index is 2840. The summed E-state index contributed by atoms with van der Waals surface area (Å²) in [7, 11) is 0. The molecule has 0 N–H and O–H groups in total. The van der Waals surface area contributed by atoms with Crippen molar-refractivity contribution in [3.05, 3.63) is 176 Å². The third-order valence-corrected chi connectivity index (χ3v) is 10.9. The second-order valence-electron chi connectivity index (χ2n) is 12.5. The van der Waals surface area contributed by atoms with Crippen LogP contribution in [0.4, 0.5) is 17.1 Å². The van der Waals surface area contributed by atoms with Crippen LogP contribution in [0.25, 0.3) is 75.1 Å². The maximum absolute atomic E-state index is 7.03. The van der Waals surface area contributed by atoms with Crippen molar-refractivity contribution in [2.24, 2.45) is 0 Å².